The van der Waals surface area contributed by atoms with E-state index in [1.807, 2.05) is 13.0 Å². The molecule has 0 heterocycles. The molecule has 38 heavy (non-hydrogen) atoms. The molecule has 0 bridgehead atoms. The number of methoxy groups -OCH3 is 1. The first kappa shape index (κ1) is 28.4. The van der Waals surface area contributed by atoms with Crippen molar-refractivity contribution < 1.29 is 27.9 Å². The predicted molar refractivity (Wildman–Crippen MR) is 145 cm³/mol. The van der Waals surface area contributed by atoms with Gasteiger partial charge < -0.3 is 9.84 Å². The first-order valence-electron chi connectivity index (χ1n) is 11.8. The molecule has 200 valence electrons. The van der Waals surface area contributed by atoms with Gasteiger partial charge in [0, 0.05) is 22.9 Å². The van der Waals surface area contributed by atoms with E-state index in [9.17, 15) is 23.1 Å². The number of hydrogen-bond donors (Lipinski definition) is 4. The fourth-order valence-electron chi connectivity index (χ4n) is 4.24. The van der Waals surface area contributed by atoms with E-state index < -0.39 is 28.3 Å². The number of carboxylic acid groups (broad SMARTS) is 1. The first-order chi connectivity index (χ1) is 18.0. The maximum Gasteiger partial charge on any atom is 0.412 e. The van der Waals surface area contributed by atoms with E-state index in [0.717, 1.165) is 12.0 Å². The molecule has 0 aliphatic carbocycles. The van der Waals surface area contributed by atoms with Crippen LogP contribution in [0.2, 0.25) is 0 Å². The number of amidine groups is 1. The van der Waals surface area contributed by atoms with Gasteiger partial charge in [-0.05, 0) is 48.2 Å². The van der Waals surface area contributed by atoms with Crippen LogP contribution in [0.4, 0.5) is 15.3 Å². The first-order valence-corrected chi connectivity index (χ1v) is 13.4. The number of ether oxygens (including phenoxy) is 1. The van der Waals surface area contributed by atoms with Crippen molar-refractivity contribution >= 4 is 33.7 Å². The molecular formula is C27H30N4O6S. The van der Waals surface area contributed by atoms with Crippen molar-refractivity contribution in [1.29, 1.82) is 5.41 Å². The number of nitrogens with zero attached hydrogens (tertiary/aromatic N) is 1. The second kappa shape index (κ2) is 12.3. The molecule has 0 saturated carbocycles. The number of benzene rings is 3. The minimum Gasteiger partial charge on any atom is -0.465 e. The summed E-state index contributed by atoms with van der Waals surface area (Å²) in [5, 5.41) is 25.9. The Kier molecular flexibility index (Phi) is 9.21. The number of alkyl carbamates (subject to hydrolysis) is 1. The molecule has 1 atom stereocenters. The van der Waals surface area contributed by atoms with Gasteiger partial charge >= 0.3 is 12.2 Å². The van der Waals surface area contributed by atoms with Gasteiger partial charge in [0.05, 0.1) is 12.0 Å². The minimum absolute atomic E-state index is 0.0150. The molecule has 11 heteroatoms. The van der Waals surface area contributed by atoms with Crippen molar-refractivity contribution in [3.8, 4) is 11.1 Å². The number of hydrogen-bond acceptors (Lipinski definition) is 6. The molecule has 1 unspecified atom stereocenters. The van der Waals surface area contributed by atoms with Crippen LogP contribution in [0.3, 0.4) is 0 Å². The molecule has 0 fully saturated rings. The van der Waals surface area contributed by atoms with Crippen LogP contribution >= 0.6 is 0 Å². The second-order valence-electron chi connectivity index (χ2n) is 8.58. The van der Waals surface area contributed by atoms with Gasteiger partial charge in [0.1, 0.15) is 5.84 Å². The van der Waals surface area contributed by atoms with Crippen LogP contribution in [0.5, 0.6) is 0 Å². The number of sulfonamides is 1. The van der Waals surface area contributed by atoms with Crippen LogP contribution in [0.15, 0.2) is 77.7 Å². The standard InChI is InChI=1S/C27H30N4O6S/c1-3-7-22(17-18-8-6-9-20(16-18)25(28)30-26(32)37-2)31(27(33)34)21-14-12-19(13-15-21)23-10-4-5-11-24(23)38(29,35)36/h4-6,8-16,22H,3,7,17H2,1-2H3,(H,33,34)(H2,28,30,32)(H2,29,35,36). The average Bonchev–Trinajstić information content (AvgIpc) is 2.88. The monoisotopic (exact) mass is 538 g/mol. The Labute approximate surface area is 221 Å². The molecule has 5 N–H and O–H groups in total. The summed E-state index contributed by atoms with van der Waals surface area (Å²) in [6, 6.07) is 19.5. The van der Waals surface area contributed by atoms with Crippen molar-refractivity contribution in [1.82, 2.24) is 5.32 Å². The maximum absolute atomic E-state index is 12.4. The Morgan fingerprint density at radius 3 is 2.37 bits per heavy atom. The van der Waals surface area contributed by atoms with E-state index in [1.54, 1.807) is 60.7 Å². The predicted octanol–water partition coefficient (Wildman–Crippen LogP) is 4.58. The molecule has 0 aliphatic rings. The topological polar surface area (TPSA) is 163 Å². The molecular weight excluding hydrogens is 508 g/mol. The Morgan fingerprint density at radius 2 is 1.76 bits per heavy atom. The van der Waals surface area contributed by atoms with Gasteiger partial charge in [0.2, 0.25) is 10.0 Å². The van der Waals surface area contributed by atoms with E-state index in [4.69, 9.17) is 10.5 Å². The van der Waals surface area contributed by atoms with Gasteiger partial charge in [0.25, 0.3) is 0 Å². The number of anilines is 1. The lowest BCUT2D eigenvalue weighted by Crippen LogP contribution is -2.41. The average molecular weight is 539 g/mol. The summed E-state index contributed by atoms with van der Waals surface area (Å²) in [4.78, 5) is 25.2. The molecule has 10 nitrogen and oxygen atoms in total. The second-order valence-corrected chi connectivity index (χ2v) is 10.1. The molecule has 0 spiro atoms. The zero-order valence-corrected chi connectivity index (χ0v) is 21.9. The number of carbonyl (C=O) groups is 2. The number of nitrogens with one attached hydrogen (secondary N) is 2. The normalized spacial score (nSPS) is 11.9. The fraction of sp³-hybridized carbons (Fsp3) is 0.222. The molecule has 2 amide bonds. The Balaban J connectivity index is 1.91. The number of amides is 2. The fourth-order valence-corrected chi connectivity index (χ4v) is 5.00. The molecule has 3 aromatic carbocycles. The van der Waals surface area contributed by atoms with Crippen LogP contribution in [0.25, 0.3) is 11.1 Å². The highest BCUT2D eigenvalue weighted by atomic mass is 32.2. The molecule has 0 aromatic heterocycles. The van der Waals surface area contributed by atoms with E-state index in [1.165, 1.54) is 18.1 Å². The summed E-state index contributed by atoms with van der Waals surface area (Å²) in [5.41, 5.74) is 2.70. The number of primary sulfonamides is 1. The van der Waals surface area contributed by atoms with Crippen molar-refractivity contribution in [3.63, 3.8) is 0 Å². The number of carbonyl (C=O) groups excluding carboxylic acids is 1. The summed E-state index contributed by atoms with van der Waals surface area (Å²) in [7, 11) is -2.74. The van der Waals surface area contributed by atoms with Crippen molar-refractivity contribution in [2.24, 2.45) is 5.14 Å². The zero-order valence-electron chi connectivity index (χ0n) is 21.0. The van der Waals surface area contributed by atoms with Crippen molar-refractivity contribution in [2.45, 2.75) is 37.1 Å². The van der Waals surface area contributed by atoms with E-state index in [-0.39, 0.29) is 10.7 Å². The highest BCUT2D eigenvalue weighted by Crippen LogP contribution is 2.30. The van der Waals surface area contributed by atoms with Gasteiger partial charge in [-0.3, -0.25) is 15.6 Å². The third kappa shape index (κ3) is 6.96. The third-order valence-corrected chi connectivity index (χ3v) is 6.91. The number of rotatable bonds is 9. The molecule has 0 radical (unpaired) electrons. The molecule has 3 rings (SSSR count). The highest BCUT2D eigenvalue weighted by Gasteiger charge is 2.25. The van der Waals surface area contributed by atoms with Gasteiger partial charge in [-0.25, -0.2) is 23.1 Å². The Bertz CT molecular complexity index is 1420. The van der Waals surface area contributed by atoms with Crippen LogP contribution < -0.4 is 15.4 Å². The molecule has 0 saturated heterocycles. The summed E-state index contributed by atoms with van der Waals surface area (Å²) >= 11 is 0. The highest BCUT2D eigenvalue weighted by molar-refractivity contribution is 7.89. The summed E-state index contributed by atoms with van der Waals surface area (Å²) in [6.07, 6.45) is -0.207. The lowest BCUT2D eigenvalue weighted by Gasteiger charge is -2.30. The number of nitrogens with two attached hydrogens (primary N) is 1. The van der Waals surface area contributed by atoms with Crippen LogP contribution in [0, 0.1) is 5.41 Å². The Hall–Kier alpha value is -4.22. The largest absolute Gasteiger partial charge is 0.465 e. The summed E-state index contributed by atoms with van der Waals surface area (Å²) in [5.74, 6) is -0.129. The lowest BCUT2D eigenvalue weighted by atomic mass is 9.98. The smallest absolute Gasteiger partial charge is 0.412 e. The van der Waals surface area contributed by atoms with Gasteiger partial charge in [-0.1, -0.05) is 61.9 Å². The van der Waals surface area contributed by atoms with Gasteiger partial charge in [-0.2, -0.15) is 0 Å². The Morgan fingerprint density at radius 1 is 1.08 bits per heavy atom. The van der Waals surface area contributed by atoms with Crippen LogP contribution in [-0.4, -0.2) is 44.7 Å². The third-order valence-electron chi connectivity index (χ3n) is 5.94. The molecule has 0 aliphatic heterocycles. The van der Waals surface area contributed by atoms with Gasteiger partial charge in [-0.15, -0.1) is 0 Å². The lowest BCUT2D eigenvalue weighted by molar-refractivity contribution is 0.176. The molecule has 3 aromatic rings. The van der Waals surface area contributed by atoms with Crippen LogP contribution in [0.1, 0.15) is 30.9 Å². The van der Waals surface area contributed by atoms with E-state index >= 15 is 0 Å². The summed E-state index contributed by atoms with van der Waals surface area (Å²) in [6.45, 7) is 1.96. The maximum atomic E-state index is 12.4. The van der Waals surface area contributed by atoms with Gasteiger partial charge in [0.15, 0.2) is 0 Å². The quantitative estimate of drug-likeness (QED) is 0.230. The van der Waals surface area contributed by atoms with E-state index in [0.29, 0.717) is 35.2 Å². The van der Waals surface area contributed by atoms with Crippen LogP contribution in [-0.2, 0) is 21.2 Å². The minimum atomic E-state index is -3.94. The van der Waals surface area contributed by atoms with Crippen molar-refractivity contribution in [3.05, 3.63) is 83.9 Å². The SMILES string of the molecule is CCCC(Cc1cccc(C(=N)NC(=O)OC)c1)N(C(=O)O)c1ccc(-c2ccccc2S(N)(=O)=O)cc1. The zero-order chi connectivity index (χ0) is 27.9. The van der Waals surface area contributed by atoms with E-state index in [2.05, 4.69) is 10.1 Å². The van der Waals surface area contributed by atoms with Crippen molar-refractivity contribution in [2.75, 3.05) is 12.0 Å². The summed E-state index contributed by atoms with van der Waals surface area (Å²) < 4.78 is 28.6.